The molecule has 152 valence electrons. The van der Waals surface area contributed by atoms with Crippen LogP contribution in [-0.4, -0.2) is 4.57 Å². The molecular formula is C28H22ClNS. The molecule has 0 unspecified atom stereocenters. The zero-order chi connectivity index (χ0) is 21.0. The molecule has 0 aliphatic rings. The summed E-state index contributed by atoms with van der Waals surface area (Å²) in [6.45, 7) is 0.819. The Labute approximate surface area is 192 Å². The molecule has 31 heavy (non-hydrogen) atoms. The topological polar surface area (TPSA) is 4.93 Å². The molecule has 1 nitrogen and oxygen atoms in total. The van der Waals surface area contributed by atoms with Crippen molar-refractivity contribution in [3.8, 4) is 0 Å². The van der Waals surface area contributed by atoms with Crippen LogP contribution in [0.1, 0.15) is 21.9 Å². The number of rotatable bonds is 6. The molecule has 5 aromatic rings. The second-order valence-corrected chi connectivity index (χ2v) is 9.17. The summed E-state index contributed by atoms with van der Waals surface area (Å²) in [5.41, 5.74) is 5.12. The maximum atomic E-state index is 6.08. The summed E-state index contributed by atoms with van der Waals surface area (Å²) in [4.78, 5) is 1.29. The first-order valence-corrected chi connectivity index (χ1v) is 11.6. The molecule has 0 radical (unpaired) electrons. The standard InChI is InChI=1S/C28H22ClNS/c29-24-17-15-21(16-18-24)19-30-20-27(25-13-7-8-14-26(25)30)31-28(22-9-3-1-4-10-22)23-11-5-2-6-12-23/h1-18,20,28H,19H2. The third-order valence-electron chi connectivity index (χ3n) is 5.47. The van der Waals surface area contributed by atoms with Crippen LogP contribution in [0.4, 0.5) is 0 Å². The molecule has 0 saturated carbocycles. The molecule has 4 aromatic carbocycles. The lowest BCUT2D eigenvalue weighted by Gasteiger charge is -2.17. The summed E-state index contributed by atoms with van der Waals surface area (Å²) in [5.74, 6) is 0. The number of para-hydroxylation sites is 1. The fourth-order valence-corrected chi connectivity index (χ4v) is 5.39. The molecule has 3 heteroatoms. The van der Waals surface area contributed by atoms with E-state index in [0.29, 0.717) is 0 Å². The predicted octanol–water partition coefficient (Wildman–Crippen LogP) is 8.22. The van der Waals surface area contributed by atoms with Crippen LogP contribution in [0.3, 0.4) is 0 Å². The van der Waals surface area contributed by atoms with Gasteiger partial charge in [0.15, 0.2) is 0 Å². The number of halogens is 1. The molecule has 0 aliphatic heterocycles. The molecular weight excluding hydrogens is 418 g/mol. The van der Waals surface area contributed by atoms with Crippen molar-refractivity contribution in [3.05, 3.63) is 137 Å². The van der Waals surface area contributed by atoms with E-state index in [9.17, 15) is 0 Å². The lowest BCUT2D eigenvalue weighted by atomic mass is 10.0. The Balaban J connectivity index is 1.55. The Morgan fingerprint density at radius 2 is 1.26 bits per heavy atom. The zero-order valence-corrected chi connectivity index (χ0v) is 18.6. The van der Waals surface area contributed by atoms with Crippen molar-refractivity contribution >= 4 is 34.3 Å². The van der Waals surface area contributed by atoms with E-state index in [4.69, 9.17) is 11.6 Å². The number of fused-ring (bicyclic) bond motifs is 1. The maximum Gasteiger partial charge on any atom is 0.0594 e. The van der Waals surface area contributed by atoms with Crippen molar-refractivity contribution in [2.75, 3.05) is 0 Å². The molecule has 0 fully saturated rings. The van der Waals surface area contributed by atoms with E-state index < -0.39 is 0 Å². The van der Waals surface area contributed by atoms with Crippen molar-refractivity contribution in [1.82, 2.24) is 4.57 Å². The first kappa shape index (κ1) is 20.0. The van der Waals surface area contributed by atoms with Crippen molar-refractivity contribution in [2.45, 2.75) is 16.7 Å². The second kappa shape index (κ2) is 9.05. The van der Waals surface area contributed by atoms with Gasteiger partial charge in [0.1, 0.15) is 0 Å². The SMILES string of the molecule is Clc1ccc(Cn2cc(SC(c3ccccc3)c3ccccc3)c3ccccc32)cc1. The van der Waals surface area contributed by atoms with Crippen molar-refractivity contribution < 1.29 is 0 Å². The van der Waals surface area contributed by atoms with Gasteiger partial charge in [0.25, 0.3) is 0 Å². The van der Waals surface area contributed by atoms with Gasteiger partial charge in [-0.05, 0) is 34.9 Å². The number of thioether (sulfide) groups is 1. The molecule has 1 heterocycles. The summed E-state index contributed by atoms with van der Waals surface area (Å²) in [7, 11) is 0. The Hall–Kier alpha value is -2.94. The van der Waals surface area contributed by atoms with Gasteiger partial charge >= 0.3 is 0 Å². The number of benzene rings is 4. The molecule has 0 saturated heterocycles. The van der Waals surface area contributed by atoms with Crippen LogP contribution in [-0.2, 0) is 6.54 Å². The second-order valence-electron chi connectivity index (χ2n) is 7.58. The summed E-state index contributed by atoms with van der Waals surface area (Å²) in [6, 6.07) is 38.3. The molecule has 0 N–H and O–H groups in total. The Morgan fingerprint density at radius 1 is 0.677 bits per heavy atom. The van der Waals surface area contributed by atoms with Gasteiger partial charge in [-0.2, -0.15) is 0 Å². The Bertz CT molecular complexity index is 1240. The van der Waals surface area contributed by atoms with E-state index in [0.717, 1.165) is 11.6 Å². The number of nitrogens with zero attached hydrogens (tertiary/aromatic N) is 1. The van der Waals surface area contributed by atoms with E-state index in [1.54, 1.807) is 0 Å². The summed E-state index contributed by atoms with van der Waals surface area (Å²) >= 11 is 7.99. The van der Waals surface area contributed by atoms with E-state index in [-0.39, 0.29) is 5.25 Å². The van der Waals surface area contributed by atoms with Gasteiger partial charge in [0, 0.05) is 33.6 Å². The van der Waals surface area contributed by atoms with Crippen LogP contribution in [0, 0.1) is 0 Å². The Kier molecular flexibility index (Phi) is 5.84. The van der Waals surface area contributed by atoms with Gasteiger partial charge in [0.05, 0.1) is 5.25 Å². The zero-order valence-electron chi connectivity index (χ0n) is 17.0. The summed E-state index contributed by atoms with van der Waals surface area (Å²) in [6.07, 6.45) is 2.29. The van der Waals surface area contributed by atoms with E-state index in [1.807, 2.05) is 23.9 Å². The average molecular weight is 440 g/mol. The number of hydrogen-bond donors (Lipinski definition) is 0. The normalized spacial score (nSPS) is 11.3. The van der Waals surface area contributed by atoms with E-state index in [1.165, 1.54) is 32.5 Å². The molecule has 0 spiro atoms. The molecule has 0 aliphatic carbocycles. The van der Waals surface area contributed by atoms with Gasteiger partial charge in [-0.15, -0.1) is 11.8 Å². The van der Waals surface area contributed by atoms with Crippen LogP contribution in [0.2, 0.25) is 5.02 Å². The fourth-order valence-electron chi connectivity index (χ4n) is 3.94. The molecule has 5 rings (SSSR count). The third kappa shape index (κ3) is 4.41. The lowest BCUT2D eigenvalue weighted by molar-refractivity contribution is 0.830. The molecule has 0 amide bonds. The first-order valence-electron chi connectivity index (χ1n) is 10.4. The first-order chi connectivity index (χ1) is 15.3. The van der Waals surface area contributed by atoms with Gasteiger partial charge in [-0.1, -0.05) is 103 Å². The minimum Gasteiger partial charge on any atom is -0.342 e. The van der Waals surface area contributed by atoms with Crippen LogP contribution in [0.15, 0.2) is 120 Å². The highest BCUT2D eigenvalue weighted by atomic mass is 35.5. The Morgan fingerprint density at radius 3 is 1.90 bits per heavy atom. The van der Waals surface area contributed by atoms with E-state index >= 15 is 0 Å². The third-order valence-corrected chi connectivity index (χ3v) is 7.08. The highest BCUT2D eigenvalue weighted by Gasteiger charge is 2.18. The quantitative estimate of drug-likeness (QED) is 0.241. The number of hydrogen-bond acceptors (Lipinski definition) is 1. The van der Waals surface area contributed by atoms with Gasteiger partial charge in [0.2, 0.25) is 0 Å². The highest BCUT2D eigenvalue weighted by Crippen LogP contribution is 2.43. The predicted molar refractivity (Wildman–Crippen MR) is 133 cm³/mol. The van der Waals surface area contributed by atoms with E-state index in [2.05, 4.69) is 108 Å². The highest BCUT2D eigenvalue weighted by molar-refractivity contribution is 8.00. The van der Waals surface area contributed by atoms with Crippen LogP contribution in [0.25, 0.3) is 10.9 Å². The van der Waals surface area contributed by atoms with Crippen molar-refractivity contribution in [3.63, 3.8) is 0 Å². The van der Waals surface area contributed by atoms with Crippen LogP contribution >= 0.6 is 23.4 Å². The monoisotopic (exact) mass is 439 g/mol. The maximum absolute atomic E-state index is 6.08. The average Bonchev–Trinajstić information content (AvgIpc) is 3.17. The summed E-state index contributed by atoms with van der Waals surface area (Å²) in [5, 5.41) is 2.29. The fraction of sp³-hybridized carbons (Fsp3) is 0.0714. The van der Waals surface area contributed by atoms with Crippen molar-refractivity contribution in [1.29, 1.82) is 0 Å². The molecule has 0 bridgehead atoms. The van der Waals surface area contributed by atoms with Crippen LogP contribution < -0.4 is 0 Å². The van der Waals surface area contributed by atoms with Crippen molar-refractivity contribution in [2.24, 2.45) is 0 Å². The van der Waals surface area contributed by atoms with Gasteiger partial charge in [-0.25, -0.2) is 0 Å². The minimum atomic E-state index is 0.234. The lowest BCUT2D eigenvalue weighted by Crippen LogP contribution is -1.98. The molecule has 0 atom stereocenters. The van der Waals surface area contributed by atoms with Crippen LogP contribution in [0.5, 0.6) is 0 Å². The van der Waals surface area contributed by atoms with Gasteiger partial charge < -0.3 is 4.57 Å². The smallest absolute Gasteiger partial charge is 0.0594 e. The molecule has 1 aromatic heterocycles. The largest absolute Gasteiger partial charge is 0.342 e. The summed E-state index contributed by atoms with van der Waals surface area (Å²) < 4.78 is 2.34. The van der Waals surface area contributed by atoms with Gasteiger partial charge in [-0.3, -0.25) is 0 Å². The minimum absolute atomic E-state index is 0.234. The number of aromatic nitrogens is 1.